The van der Waals surface area contributed by atoms with E-state index in [4.69, 9.17) is 5.73 Å². The van der Waals surface area contributed by atoms with Gasteiger partial charge in [-0.2, -0.15) is 0 Å². The summed E-state index contributed by atoms with van der Waals surface area (Å²) in [6.45, 7) is 6.81. The average Bonchev–Trinajstić information content (AvgIpc) is 2.75. The Bertz CT molecular complexity index is 499. The lowest BCUT2D eigenvalue weighted by Crippen LogP contribution is -2.13. The van der Waals surface area contributed by atoms with E-state index in [9.17, 15) is 0 Å². The molecule has 0 spiro atoms. The molecule has 30 heavy (non-hydrogen) atoms. The number of nitrogens with two attached hydrogens (primary N) is 1. The zero-order valence-electron chi connectivity index (χ0n) is 20.5. The summed E-state index contributed by atoms with van der Waals surface area (Å²) >= 11 is 0. The quantitative estimate of drug-likeness (QED) is 0.214. The molecule has 1 unspecified atom stereocenters. The van der Waals surface area contributed by atoms with Gasteiger partial charge in [0.25, 0.3) is 0 Å². The van der Waals surface area contributed by atoms with Crippen LogP contribution in [0.4, 0.5) is 0 Å². The average molecular weight is 438 g/mol. The van der Waals surface area contributed by atoms with Crippen LogP contribution in [-0.4, -0.2) is 0 Å². The first-order valence-electron chi connectivity index (χ1n) is 13.1. The van der Waals surface area contributed by atoms with Gasteiger partial charge >= 0.3 is 0 Å². The van der Waals surface area contributed by atoms with Gasteiger partial charge in [-0.1, -0.05) is 135 Å². The minimum Gasteiger partial charge on any atom is -0.324 e. The molecule has 1 atom stereocenters. The van der Waals surface area contributed by atoms with E-state index in [1.807, 2.05) is 0 Å². The third-order valence-corrected chi connectivity index (χ3v) is 6.56. The van der Waals surface area contributed by atoms with E-state index in [1.165, 1.54) is 113 Å². The molecule has 1 nitrogen and oxygen atoms in total. The van der Waals surface area contributed by atoms with E-state index >= 15 is 0 Å². The summed E-state index contributed by atoms with van der Waals surface area (Å²) < 4.78 is 0. The summed E-state index contributed by atoms with van der Waals surface area (Å²) in [5.74, 6) is 0. The number of hydrogen-bond donors (Lipinski definition) is 1. The van der Waals surface area contributed by atoms with Crippen molar-refractivity contribution in [2.24, 2.45) is 5.73 Å². The predicted molar refractivity (Wildman–Crippen MR) is 139 cm³/mol. The Labute approximate surface area is 195 Å². The van der Waals surface area contributed by atoms with Crippen molar-refractivity contribution >= 4 is 12.4 Å². The summed E-state index contributed by atoms with van der Waals surface area (Å²) in [5.41, 5.74) is 10.9. The molecule has 0 aromatic heterocycles. The number of aryl methyl sites for hydroxylation is 1. The van der Waals surface area contributed by atoms with Crippen LogP contribution in [0.5, 0.6) is 0 Å². The van der Waals surface area contributed by atoms with Crippen molar-refractivity contribution in [2.45, 2.75) is 142 Å². The highest BCUT2D eigenvalue weighted by Gasteiger charge is 2.12. The first-order chi connectivity index (χ1) is 14.2. The van der Waals surface area contributed by atoms with Crippen LogP contribution in [0.15, 0.2) is 18.2 Å². The van der Waals surface area contributed by atoms with Gasteiger partial charge in [-0.15, -0.1) is 12.4 Å². The Hall–Kier alpha value is -0.530. The van der Waals surface area contributed by atoms with Gasteiger partial charge < -0.3 is 5.73 Å². The predicted octanol–water partition coefficient (Wildman–Crippen LogP) is 9.49. The highest BCUT2D eigenvalue weighted by molar-refractivity contribution is 5.85. The summed E-state index contributed by atoms with van der Waals surface area (Å²) in [4.78, 5) is 0. The zero-order chi connectivity index (χ0) is 21.2. The highest BCUT2D eigenvalue weighted by Crippen LogP contribution is 2.25. The number of unbranched alkanes of at least 4 members (excludes halogenated alkanes) is 14. The van der Waals surface area contributed by atoms with E-state index in [2.05, 4.69) is 39.0 Å². The smallest absolute Gasteiger partial charge is 0.0297 e. The maximum Gasteiger partial charge on any atom is 0.0297 e. The van der Waals surface area contributed by atoms with Crippen LogP contribution in [-0.2, 0) is 12.8 Å². The molecular weight excluding hydrogens is 386 g/mol. The first kappa shape index (κ1) is 29.5. The number of rotatable bonds is 19. The largest absolute Gasteiger partial charge is 0.324 e. The van der Waals surface area contributed by atoms with Crippen LogP contribution in [0.2, 0.25) is 0 Å². The van der Waals surface area contributed by atoms with Gasteiger partial charge in [0.05, 0.1) is 0 Å². The van der Waals surface area contributed by atoms with Crippen LogP contribution in [0, 0.1) is 0 Å². The second-order valence-corrected chi connectivity index (χ2v) is 9.04. The fraction of sp³-hybridized carbons (Fsp3) is 0.786. The fourth-order valence-corrected chi connectivity index (χ4v) is 4.66. The van der Waals surface area contributed by atoms with Crippen molar-refractivity contribution in [3.63, 3.8) is 0 Å². The zero-order valence-corrected chi connectivity index (χ0v) is 21.3. The molecule has 0 saturated heterocycles. The Morgan fingerprint density at radius 3 is 1.53 bits per heavy atom. The Morgan fingerprint density at radius 1 is 0.633 bits per heavy atom. The van der Waals surface area contributed by atoms with Crippen molar-refractivity contribution in [1.29, 1.82) is 0 Å². The second kappa shape index (κ2) is 20.4. The van der Waals surface area contributed by atoms with Gasteiger partial charge in [-0.25, -0.2) is 0 Å². The third kappa shape index (κ3) is 13.0. The molecule has 2 N–H and O–H groups in total. The Kier molecular flexibility index (Phi) is 20.0. The molecule has 0 heterocycles. The van der Waals surface area contributed by atoms with Crippen LogP contribution in [0.3, 0.4) is 0 Å². The van der Waals surface area contributed by atoms with Crippen molar-refractivity contribution in [3.05, 3.63) is 34.9 Å². The van der Waals surface area contributed by atoms with Crippen molar-refractivity contribution in [2.75, 3.05) is 0 Å². The molecule has 0 fully saturated rings. The molecule has 0 bridgehead atoms. The lowest BCUT2D eigenvalue weighted by molar-refractivity contribution is 0.518. The second-order valence-electron chi connectivity index (χ2n) is 9.04. The van der Waals surface area contributed by atoms with E-state index in [-0.39, 0.29) is 18.4 Å². The number of hydrogen-bond acceptors (Lipinski definition) is 1. The molecule has 1 rings (SSSR count). The maximum atomic E-state index is 6.55. The lowest BCUT2D eigenvalue weighted by Gasteiger charge is -2.18. The Balaban J connectivity index is 0.00000841. The summed E-state index contributed by atoms with van der Waals surface area (Å²) in [7, 11) is 0. The fourth-order valence-electron chi connectivity index (χ4n) is 4.66. The van der Waals surface area contributed by atoms with Crippen LogP contribution in [0.1, 0.15) is 146 Å². The third-order valence-electron chi connectivity index (χ3n) is 6.56. The molecule has 1 aromatic carbocycles. The van der Waals surface area contributed by atoms with Crippen LogP contribution < -0.4 is 5.73 Å². The van der Waals surface area contributed by atoms with Crippen LogP contribution >= 0.6 is 12.4 Å². The van der Waals surface area contributed by atoms with E-state index < -0.39 is 0 Å². The van der Waals surface area contributed by atoms with Crippen molar-refractivity contribution in [1.82, 2.24) is 0 Å². The van der Waals surface area contributed by atoms with E-state index in [1.54, 1.807) is 0 Å². The van der Waals surface area contributed by atoms with Gasteiger partial charge in [0.1, 0.15) is 0 Å². The highest BCUT2D eigenvalue weighted by atomic mass is 35.5. The summed E-state index contributed by atoms with van der Waals surface area (Å²) in [6.07, 6.45) is 24.7. The van der Waals surface area contributed by atoms with Crippen LogP contribution in [0.25, 0.3) is 0 Å². The first-order valence-corrected chi connectivity index (χ1v) is 13.1. The van der Waals surface area contributed by atoms with Gasteiger partial charge in [0.2, 0.25) is 0 Å². The summed E-state index contributed by atoms with van der Waals surface area (Å²) in [6, 6.07) is 6.94. The van der Waals surface area contributed by atoms with Gasteiger partial charge in [-0.3, -0.25) is 0 Å². The summed E-state index contributed by atoms with van der Waals surface area (Å²) in [5, 5.41) is 0. The normalized spacial score (nSPS) is 12.0. The molecule has 0 aliphatic heterocycles. The molecule has 0 radical (unpaired) electrons. The minimum atomic E-state index is 0. The molecule has 0 saturated carbocycles. The maximum absolute atomic E-state index is 6.55. The minimum absolute atomic E-state index is 0. The Morgan fingerprint density at radius 2 is 1.10 bits per heavy atom. The number of halogens is 1. The van der Waals surface area contributed by atoms with E-state index in [0.29, 0.717) is 0 Å². The molecule has 1 aromatic rings. The van der Waals surface area contributed by atoms with Gasteiger partial charge in [-0.05, 0) is 36.0 Å². The van der Waals surface area contributed by atoms with E-state index in [0.717, 1.165) is 19.3 Å². The molecule has 2 heteroatoms. The van der Waals surface area contributed by atoms with Crippen molar-refractivity contribution in [3.8, 4) is 0 Å². The topological polar surface area (TPSA) is 26.0 Å². The molecule has 0 aliphatic carbocycles. The monoisotopic (exact) mass is 437 g/mol. The van der Waals surface area contributed by atoms with Gasteiger partial charge in [0.15, 0.2) is 0 Å². The lowest BCUT2D eigenvalue weighted by atomic mass is 9.91. The molecule has 176 valence electrons. The standard InChI is InChI=1S/C28H51N.ClH/c1-4-7-8-9-10-11-12-13-14-15-16-17-18-19-20-24-28(29)27-23-21-22-25(5-2)26(27)6-3;/h21-23,28H,4-20,24,29H2,1-3H3;1H. The molecule has 0 amide bonds. The molecular formula is C28H52ClN. The molecule has 0 aliphatic rings. The SMILES string of the molecule is CCCCCCCCCCCCCCCCCC(N)c1cccc(CC)c1CC.Cl. The van der Waals surface area contributed by atoms with Gasteiger partial charge in [0, 0.05) is 6.04 Å². The number of benzene rings is 1. The van der Waals surface area contributed by atoms with Crippen molar-refractivity contribution < 1.29 is 0 Å².